The van der Waals surface area contributed by atoms with Gasteiger partial charge < -0.3 is 10.2 Å². The van der Waals surface area contributed by atoms with Crippen LogP contribution >= 0.6 is 12.6 Å². The lowest BCUT2D eigenvalue weighted by atomic mass is 10.1. The molecular formula is C20H16F3N5OS. The van der Waals surface area contributed by atoms with Gasteiger partial charge in [-0.3, -0.25) is 4.79 Å². The number of hydrogen-bond acceptors (Lipinski definition) is 6. The van der Waals surface area contributed by atoms with Crippen LogP contribution in [0.15, 0.2) is 53.8 Å². The lowest BCUT2D eigenvalue weighted by Crippen LogP contribution is -2.32. The highest BCUT2D eigenvalue weighted by Crippen LogP contribution is 2.30. The van der Waals surface area contributed by atoms with Crippen LogP contribution in [0.5, 0.6) is 0 Å². The van der Waals surface area contributed by atoms with Crippen molar-refractivity contribution in [3.05, 3.63) is 71.2 Å². The molecule has 30 heavy (non-hydrogen) atoms. The van der Waals surface area contributed by atoms with Gasteiger partial charge in [0, 0.05) is 37.0 Å². The molecule has 3 heterocycles. The Morgan fingerprint density at radius 3 is 2.73 bits per heavy atom. The number of aromatic nitrogens is 3. The molecule has 2 aromatic heterocycles. The van der Waals surface area contributed by atoms with Crippen LogP contribution in [0.3, 0.4) is 0 Å². The fourth-order valence-electron chi connectivity index (χ4n) is 3.20. The van der Waals surface area contributed by atoms with Crippen LogP contribution in [0, 0.1) is 0 Å². The zero-order valence-corrected chi connectivity index (χ0v) is 16.4. The van der Waals surface area contributed by atoms with Crippen molar-refractivity contribution in [2.45, 2.75) is 24.3 Å². The van der Waals surface area contributed by atoms with Gasteiger partial charge in [-0.2, -0.15) is 13.2 Å². The van der Waals surface area contributed by atoms with E-state index in [0.29, 0.717) is 30.5 Å². The number of carbonyl (C=O) groups excluding carboxylic acids is 1. The van der Waals surface area contributed by atoms with Gasteiger partial charge in [-0.15, -0.1) is 12.6 Å². The van der Waals surface area contributed by atoms with E-state index in [4.69, 9.17) is 0 Å². The van der Waals surface area contributed by atoms with Crippen molar-refractivity contribution in [3.8, 4) is 0 Å². The Labute approximate surface area is 175 Å². The van der Waals surface area contributed by atoms with Crippen LogP contribution in [0.25, 0.3) is 0 Å². The molecule has 0 fully saturated rings. The third-order valence-electron chi connectivity index (χ3n) is 4.66. The summed E-state index contributed by atoms with van der Waals surface area (Å²) in [6.45, 7) is 1.19. The molecule has 3 aromatic rings. The summed E-state index contributed by atoms with van der Waals surface area (Å²) in [5.41, 5.74) is 1.22. The molecular weight excluding hydrogens is 415 g/mol. The Balaban J connectivity index is 1.51. The van der Waals surface area contributed by atoms with E-state index in [0.717, 1.165) is 23.4 Å². The molecule has 0 aliphatic carbocycles. The number of fused-ring (bicyclic) bond motifs is 1. The lowest BCUT2D eigenvalue weighted by molar-refractivity contribution is -0.137. The first-order chi connectivity index (χ1) is 14.3. The molecule has 0 bridgehead atoms. The molecule has 1 amide bonds. The van der Waals surface area contributed by atoms with Gasteiger partial charge in [-0.1, -0.05) is 12.1 Å². The third-order valence-corrected chi connectivity index (χ3v) is 4.88. The maximum atomic E-state index is 12.9. The van der Waals surface area contributed by atoms with Crippen molar-refractivity contribution in [2.75, 3.05) is 16.8 Å². The van der Waals surface area contributed by atoms with Crippen molar-refractivity contribution in [3.63, 3.8) is 0 Å². The molecule has 4 rings (SSSR count). The molecule has 1 N–H and O–H groups in total. The number of rotatable bonds is 3. The number of nitrogens with zero attached hydrogens (tertiary/aromatic N) is 4. The van der Waals surface area contributed by atoms with E-state index in [2.05, 4.69) is 32.9 Å². The van der Waals surface area contributed by atoms with Gasteiger partial charge in [0.2, 0.25) is 0 Å². The van der Waals surface area contributed by atoms with E-state index >= 15 is 0 Å². The van der Waals surface area contributed by atoms with Gasteiger partial charge >= 0.3 is 6.18 Å². The first kappa shape index (κ1) is 20.1. The van der Waals surface area contributed by atoms with Crippen molar-refractivity contribution >= 4 is 30.0 Å². The highest BCUT2D eigenvalue weighted by atomic mass is 32.1. The highest BCUT2D eigenvalue weighted by Gasteiger charge is 2.30. The minimum Gasteiger partial charge on any atom is -0.352 e. The highest BCUT2D eigenvalue weighted by molar-refractivity contribution is 7.80. The van der Waals surface area contributed by atoms with E-state index in [9.17, 15) is 18.0 Å². The van der Waals surface area contributed by atoms with E-state index < -0.39 is 17.6 Å². The average Bonchev–Trinajstić information content (AvgIpc) is 2.73. The quantitative estimate of drug-likeness (QED) is 0.485. The first-order valence-electron chi connectivity index (χ1n) is 9.04. The third kappa shape index (κ3) is 4.38. The van der Waals surface area contributed by atoms with Gasteiger partial charge in [0.1, 0.15) is 11.5 Å². The van der Waals surface area contributed by atoms with Gasteiger partial charge in [0.25, 0.3) is 5.91 Å². The lowest BCUT2D eigenvalue weighted by Gasteiger charge is -2.29. The largest absolute Gasteiger partial charge is 0.416 e. The van der Waals surface area contributed by atoms with Crippen molar-refractivity contribution in [1.29, 1.82) is 0 Å². The zero-order chi connectivity index (χ0) is 21.3. The standard InChI is InChI=1S/C20H16F3N5OS/c21-20(22,23)13-3-1-4-14(9-13)25-18(29)16-5-2-6-17(26-16)28-8-7-15-12(11-28)10-24-19(30)27-15/h1-6,9-10H,7-8,11H2,(H,25,29)(H,24,27,30). The molecule has 1 aliphatic rings. The number of carbonyl (C=O) groups is 1. The van der Waals surface area contributed by atoms with Crippen molar-refractivity contribution in [1.82, 2.24) is 15.0 Å². The maximum absolute atomic E-state index is 12.9. The Morgan fingerprint density at radius 2 is 1.93 bits per heavy atom. The Morgan fingerprint density at radius 1 is 1.13 bits per heavy atom. The summed E-state index contributed by atoms with van der Waals surface area (Å²) >= 11 is 4.15. The fraction of sp³-hybridized carbons (Fsp3) is 0.200. The summed E-state index contributed by atoms with van der Waals surface area (Å²) < 4.78 is 38.6. The van der Waals surface area contributed by atoms with Crippen LogP contribution in [-0.4, -0.2) is 27.4 Å². The topological polar surface area (TPSA) is 71.0 Å². The van der Waals surface area contributed by atoms with Crippen molar-refractivity contribution < 1.29 is 18.0 Å². The minimum atomic E-state index is -4.49. The van der Waals surface area contributed by atoms with Gasteiger partial charge in [-0.25, -0.2) is 15.0 Å². The number of halogens is 3. The molecule has 1 aliphatic heterocycles. The predicted molar refractivity (Wildman–Crippen MR) is 108 cm³/mol. The number of thiol groups is 1. The zero-order valence-electron chi connectivity index (χ0n) is 15.5. The molecule has 10 heteroatoms. The Bertz CT molecular complexity index is 1110. The molecule has 1 aromatic carbocycles. The monoisotopic (exact) mass is 431 g/mol. The van der Waals surface area contributed by atoms with Crippen LogP contribution in [0.1, 0.15) is 27.3 Å². The molecule has 0 saturated carbocycles. The smallest absolute Gasteiger partial charge is 0.352 e. The molecule has 0 saturated heterocycles. The summed E-state index contributed by atoms with van der Waals surface area (Å²) in [7, 11) is 0. The SMILES string of the molecule is O=C(Nc1cccc(C(F)(F)F)c1)c1cccc(N2CCc3nc(S)ncc3C2)n1. The number of amides is 1. The van der Waals surface area contributed by atoms with E-state index in [-0.39, 0.29) is 11.4 Å². The van der Waals surface area contributed by atoms with Crippen LogP contribution in [0.4, 0.5) is 24.7 Å². The normalized spacial score (nSPS) is 13.7. The van der Waals surface area contributed by atoms with Crippen molar-refractivity contribution in [2.24, 2.45) is 0 Å². The van der Waals surface area contributed by atoms with E-state index in [1.165, 1.54) is 18.2 Å². The summed E-state index contributed by atoms with van der Waals surface area (Å²) in [4.78, 5) is 27.3. The number of hydrogen-bond donors (Lipinski definition) is 2. The molecule has 0 spiro atoms. The Kier molecular flexibility index (Phi) is 5.33. The van der Waals surface area contributed by atoms with E-state index in [1.807, 2.05) is 4.90 Å². The second-order valence-corrected chi connectivity index (χ2v) is 7.13. The number of pyridine rings is 1. The van der Waals surface area contributed by atoms with Gasteiger partial charge in [0.05, 0.1) is 11.3 Å². The van der Waals surface area contributed by atoms with Crippen LogP contribution in [-0.2, 0) is 19.1 Å². The average molecular weight is 431 g/mol. The first-order valence-corrected chi connectivity index (χ1v) is 9.49. The molecule has 154 valence electrons. The fourth-order valence-corrected chi connectivity index (χ4v) is 3.37. The van der Waals surface area contributed by atoms with Crippen LogP contribution < -0.4 is 10.2 Å². The maximum Gasteiger partial charge on any atom is 0.416 e. The van der Waals surface area contributed by atoms with E-state index in [1.54, 1.807) is 18.3 Å². The molecule has 6 nitrogen and oxygen atoms in total. The Hall–Kier alpha value is -3.14. The molecule has 0 radical (unpaired) electrons. The second-order valence-electron chi connectivity index (χ2n) is 6.73. The summed E-state index contributed by atoms with van der Waals surface area (Å²) in [5.74, 6) is 0.00363. The summed E-state index contributed by atoms with van der Waals surface area (Å²) in [6, 6.07) is 9.45. The number of anilines is 2. The number of alkyl halides is 3. The van der Waals surface area contributed by atoms with Gasteiger partial charge in [0.15, 0.2) is 5.16 Å². The molecule has 0 atom stereocenters. The second kappa shape index (κ2) is 7.94. The predicted octanol–water partition coefficient (Wildman–Crippen LogP) is 3.99. The number of nitrogens with one attached hydrogen (secondary N) is 1. The summed E-state index contributed by atoms with van der Waals surface area (Å²) in [6.07, 6.45) is -2.07. The molecule has 0 unspecified atom stereocenters. The minimum absolute atomic E-state index is 0.0497. The van der Waals surface area contributed by atoms with Crippen LogP contribution in [0.2, 0.25) is 0 Å². The number of benzene rings is 1. The summed E-state index contributed by atoms with van der Waals surface area (Å²) in [5, 5.41) is 2.90. The van der Waals surface area contributed by atoms with Gasteiger partial charge in [-0.05, 0) is 30.3 Å².